The van der Waals surface area contributed by atoms with Crippen molar-refractivity contribution in [2.24, 2.45) is 5.73 Å². The number of aliphatic carboxylic acids is 1. The van der Waals surface area contributed by atoms with Gasteiger partial charge in [0.25, 0.3) is 0 Å². The first-order chi connectivity index (χ1) is 7.13. The van der Waals surface area contributed by atoms with Gasteiger partial charge in [0.05, 0.1) is 0 Å². The molecule has 0 amide bonds. The summed E-state index contributed by atoms with van der Waals surface area (Å²) >= 11 is 0. The first kappa shape index (κ1) is 11.5. The van der Waals surface area contributed by atoms with Crippen molar-refractivity contribution in [3.8, 4) is 0 Å². The molecule has 0 aliphatic carbocycles. The second-order valence-electron chi connectivity index (χ2n) is 3.39. The molecule has 0 aliphatic rings. The number of nitrogens with one attached hydrogen (secondary N) is 1. The molecular weight excluding hydrogens is 192 g/mol. The predicted molar refractivity (Wildman–Crippen MR) is 59.8 cm³/mol. The number of hydrogen-bond acceptors (Lipinski definition) is 3. The fourth-order valence-electron chi connectivity index (χ4n) is 1.29. The van der Waals surface area contributed by atoms with Crippen LogP contribution in [0.2, 0.25) is 0 Å². The summed E-state index contributed by atoms with van der Waals surface area (Å²) in [6, 6.07) is 7.54. The summed E-state index contributed by atoms with van der Waals surface area (Å²) in [5.74, 6) is -0.875. The van der Waals surface area contributed by atoms with Gasteiger partial charge in [0.2, 0.25) is 0 Å². The third-order valence-corrected chi connectivity index (χ3v) is 2.20. The van der Waals surface area contributed by atoms with Crippen LogP contribution in [-0.4, -0.2) is 17.6 Å². The molecule has 0 saturated heterocycles. The van der Waals surface area contributed by atoms with Gasteiger partial charge in [-0.15, -0.1) is 0 Å². The molecule has 1 unspecified atom stereocenters. The molecule has 0 fully saturated rings. The molecule has 15 heavy (non-hydrogen) atoms. The van der Waals surface area contributed by atoms with Gasteiger partial charge in [-0.1, -0.05) is 19.1 Å². The van der Waals surface area contributed by atoms with Crippen LogP contribution >= 0.6 is 0 Å². The van der Waals surface area contributed by atoms with E-state index in [1.807, 2.05) is 31.2 Å². The normalized spacial score (nSPS) is 12.1. The lowest BCUT2D eigenvalue weighted by Crippen LogP contribution is -2.13. The summed E-state index contributed by atoms with van der Waals surface area (Å²) in [4.78, 5) is 10.4. The molecule has 1 rings (SSSR count). The molecular formula is C11H16N2O2. The van der Waals surface area contributed by atoms with Crippen molar-refractivity contribution in [1.29, 1.82) is 0 Å². The maximum Gasteiger partial charge on any atom is 0.322 e. The fourth-order valence-corrected chi connectivity index (χ4v) is 1.29. The maximum atomic E-state index is 10.4. The van der Waals surface area contributed by atoms with Crippen LogP contribution in [0.15, 0.2) is 24.3 Å². The minimum atomic E-state index is -0.875. The highest BCUT2D eigenvalue weighted by atomic mass is 16.4. The Balaban J connectivity index is 2.69. The number of rotatable bonds is 5. The third kappa shape index (κ3) is 3.59. The van der Waals surface area contributed by atoms with Gasteiger partial charge in [0.15, 0.2) is 0 Å². The first-order valence-corrected chi connectivity index (χ1v) is 4.94. The molecule has 0 bridgehead atoms. The van der Waals surface area contributed by atoms with Crippen molar-refractivity contribution >= 4 is 11.7 Å². The molecule has 1 aromatic carbocycles. The minimum Gasteiger partial charge on any atom is -0.480 e. The van der Waals surface area contributed by atoms with E-state index in [0.717, 1.165) is 17.7 Å². The average molecular weight is 208 g/mol. The molecule has 0 aromatic heterocycles. The summed E-state index contributed by atoms with van der Waals surface area (Å²) in [6.07, 6.45) is 0.863. The van der Waals surface area contributed by atoms with Crippen LogP contribution in [-0.2, 0) is 4.79 Å². The zero-order chi connectivity index (χ0) is 11.3. The molecule has 1 atom stereocenters. The predicted octanol–water partition coefficient (Wildman–Crippen LogP) is 1.59. The van der Waals surface area contributed by atoms with Crippen LogP contribution in [0.4, 0.5) is 5.69 Å². The lowest BCUT2D eigenvalue weighted by Gasteiger charge is -2.11. The molecule has 4 nitrogen and oxygen atoms in total. The topological polar surface area (TPSA) is 75.3 Å². The molecule has 0 saturated carbocycles. The number of carbonyl (C=O) groups is 1. The second kappa shape index (κ2) is 5.36. The van der Waals surface area contributed by atoms with E-state index < -0.39 is 5.97 Å². The molecule has 4 heteroatoms. The van der Waals surface area contributed by atoms with E-state index in [4.69, 9.17) is 10.8 Å². The van der Waals surface area contributed by atoms with E-state index in [1.165, 1.54) is 0 Å². The number of carboxylic acids is 1. The quantitative estimate of drug-likeness (QED) is 0.687. The number of benzene rings is 1. The van der Waals surface area contributed by atoms with Crippen LogP contribution in [0, 0.1) is 0 Å². The molecule has 0 spiro atoms. The van der Waals surface area contributed by atoms with E-state index in [9.17, 15) is 4.79 Å². The molecule has 1 aromatic rings. The van der Waals surface area contributed by atoms with Crippen molar-refractivity contribution in [2.75, 3.05) is 11.9 Å². The summed E-state index contributed by atoms with van der Waals surface area (Å²) in [5, 5.41) is 11.3. The van der Waals surface area contributed by atoms with Gasteiger partial charge in [-0.2, -0.15) is 0 Å². The highest BCUT2D eigenvalue weighted by Crippen LogP contribution is 2.17. The molecule has 0 aliphatic heterocycles. The molecule has 82 valence electrons. The van der Waals surface area contributed by atoms with Gasteiger partial charge in [0.1, 0.15) is 6.54 Å². The largest absolute Gasteiger partial charge is 0.480 e. The first-order valence-electron chi connectivity index (χ1n) is 4.94. The van der Waals surface area contributed by atoms with Gasteiger partial charge in [-0.3, -0.25) is 4.79 Å². The van der Waals surface area contributed by atoms with Crippen molar-refractivity contribution in [1.82, 2.24) is 0 Å². The Morgan fingerprint density at radius 1 is 1.60 bits per heavy atom. The van der Waals surface area contributed by atoms with Crippen LogP contribution in [0.5, 0.6) is 0 Å². The maximum absolute atomic E-state index is 10.4. The van der Waals surface area contributed by atoms with E-state index in [2.05, 4.69) is 5.32 Å². The Morgan fingerprint density at radius 2 is 2.33 bits per heavy atom. The summed E-state index contributed by atoms with van der Waals surface area (Å²) in [6.45, 7) is 1.94. The molecule has 4 N–H and O–H groups in total. The van der Waals surface area contributed by atoms with E-state index in [0.29, 0.717) is 0 Å². The highest BCUT2D eigenvalue weighted by Gasteiger charge is 2.04. The number of nitrogens with two attached hydrogens (primary N) is 1. The van der Waals surface area contributed by atoms with E-state index in [1.54, 1.807) is 0 Å². The zero-order valence-corrected chi connectivity index (χ0v) is 8.73. The van der Waals surface area contributed by atoms with Crippen molar-refractivity contribution in [3.63, 3.8) is 0 Å². The van der Waals surface area contributed by atoms with Gasteiger partial charge < -0.3 is 16.2 Å². The monoisotopic (exact) mass is 208 g/mol. The van der Waals surface area contributed by atoms with Crippen LogP contribution in [0.1, 0.15) is 24.9 Å². The number of anilines is 1. The van der Waals surface area contributed by atoms with Gasteiger partial charge in [-0.05, 0) is 24.1 Å². The van der Waals surface area contributed by atoms with Crippen molar-refractivity contribution in [3.05, 3.63) is 29.8 Å². The van der Waals surface area contributed by atoms with Gasteiger partial charge in [0, 0.05) is 11.7 Å². The number of carboxylic acid groups (broad SMARTS) is 1. The summed E-state index contributed by atoms with van der Waals surface area (Å²) in [5.41, 5.74) is 7.69. The molecule has 0 heterocycles. The van der Waals surface area contributed by atoms with Crippen molar-refractivity contribution in [2.45, 2.75) is 19.4 Å². The summed E-state index contributed by atoms with van der Waals surface area (Å²) in [7, 11) is 0. The summed E-state index contributed by atoms with van der Waals surface area (Å²) < 4.78 is 0. The lowest BCUT2D eigenvalue weighted by molar-refractivity contribution is -0.134. The lowest BCUT2D eigenvalue weighted by atomic mass is 10.1. The van der Waals surface area contributed by atoms with Crippen LogP contribution < -0.4 is 11.1 Å². The highest BCUT2D eigenvalue weighted by molar-refractivity contribution is 5.72. The number of hydrogen-bond donors (Lipinski definition) is 3. The molecule has 0 radical (unpaired) electrons. The Bertz CT molecular complexity index is 339. The minimum absolute atomic E-state index is 0.0107. The Kier molecular flexibility index (Phi) is 4.12. The van der Waals surface area contributed by atoms with Gasteiger partial charge >= 0.3 is 5.97 Å². The second-order valence-corrected chi connectivity index (χ2v) is 3.39. The Morgan fingerprint density at radius 3 is 2.93 bits per heavy atom. The smallest absolute Gasteiger partial charge is 0.322 e. The van der Waals surface area contributed by atoms with E-state index in [-0.39, 0.29) is 12.6 Å². The SMILES string of the molecule is CCC(N)c1cccc(NCC(=O)O)c1. The Hall–Kier alpha value is -1.55. The van der Waals surface area contributed by atoms with Crippen molar-refractivity contribution < 1.29 is 9.90 Å². The van der Waals surface area contributed by atoms with Crippen LogP contribution in [0.25, 0.3) is 0 Å². The Labute approximate surface area is 89.1 Å². The van der Waals surface area contributed by atoms with Crippen LogP contribution in [0.3, 0.4) is 0 Å². The van der Waals surface area contributed by atoms with E-state index >= 15 is 0 Å². The fraction of sp³-hybridized carbons (Fsp3) is 0.364. The van der Waals surface area contributed by atoms with Gasteiger partial charge in [-0.25, -0.2) is 0 Å². The average Bonchev–Trinajstić information content (AvgIpc) is 2.25. The zero-order valence-electron chi connectivity index (χ0n) is 8.73. The standard InChI is InChI=1S/C11H16N2O2/c1-2-10(12)8-4-3-5-9(6-8)13-7-11(14)15/h3-6,10,13H,2,7,12H2,1H3,(H,14,15). The third-order valence-electron chi connectivity index (χ3n) is 2.20.